The number of allylic oxidation sites excluding steroid dienone is 4. The lowest BCUT2D eigenvalue weighted by molar-refractivity contribution is 0.142. The Labute approximate surface area is 329 Å². The summed E-state index contributed by atoms with van der Waals surface area (Å²) in [6.07, 6.45) is 9.28. The van der Waals surface area contributed by atoms with E-state index in [0.29, 0.717) is 0 Å². The minimum atomic E-state index is -0.124. The van der Waals surface area contributed by atoms with E-state index in [0.717, 1.165) is 22.8 Å². The lowest BCUT2D eigenvalue weighted by atomic mass is 9.77. The molecular weight excluding hydrogens is 679 g/mol. The summed E-state index contributed by atoms with van der Waals surface area (Å²) in [5.41, 5.74) is 16.7. The van der Waals surface area contributed by atoms with Crippen LogP contribution in [0.2, 0.25) is 0 Å². The average molecular weight is 720 g/mol. The van der Waals surface area contributed by atoms with Crippen LogP contribution in [0.15, 0.2) is 229 Å². The zero-order chi connectivity index (χ0) is 37.4. The maximum Gasteiger partial charge on any atom is 0.135 e. The lowest BCUT2D eigenvalue weighted by Crippen LogP contribution is -2.21. The minimum absolute atomic E-state index is 0.00447. The van der Waals surface area contributed by atoms with Crippen LogP contribution in [0.5, 0.6) is 0 Å². The van der Waals surface area contributed by atoms with Crippen LogP contribution in [0.25, 0.3) is 39.0 Å². The molecule has 10 rings (SSSR count). The summed E-state index contributed by atoms with van der Waals surface area (Å²) in [6, 6.07) is 67.6. The third-order valence-corrected chi connectivity index (χ3v) is 11.3. The molecule has 2 aliphatic carbocycles. The average Bonchev–Trinajstić information content (AvgIpc) is 3.54. The second kappa shape index (κ2) is 14.4. The molecule has 0 bridgehead atoms. The van der Waals surface area contributed by atoms with Gasteiger partial charge < -0.3 is 9.64 Å². The molecule has 0 aromatic heterocycles. The van der Waals surface area contributed by atoms with Crippen LogP contribution >= 0.6 is 0 Å². The molecule has 0 N–H and O–H groups in total. The van der Waals surface area contributed by atoms with Crippen LogP contribution in [0.4, 0.5) is 11.4 Å². The molecule has 56 heavy (non-hydrogen) atoms. The molecule has 7 aromatic rings. The van der Waals surface area contributed by atoms with E-state index >= 15 is 0 Å². The smallest absolute Gasteiger partial charge is 0.135 e. The lowest BCUT2D eigenvalue weighted by Gasteiger charge is -2.31. The predicted octanol–water partition coefficient (Wildman–Crippen LogP) is 14.0. The van der Waals surface area contributed by atoms with Gasteiger partial charge in [-0.05, 0) is 92.4 Å². The number of anilines is 2. The van der Waals surface area contributed by atoms with Gasteiger partial charge in [-0.15, -0.1) is 0 Å². The van der Waals surface area contributed by atoms with E-state index in [1.165, 1.54) is 61.2 Å². The molecule has 0 amide bonds. The van der Waals surface area contributed by atoms with Crippen molar-refractivity contribution in [1.82, 2.24) is 0 Å². The molecule has 7 aromatic carbocycles. The number of para-hydroxylation sites is 1. The SMILES string of the molecule is CC1C=CC(N(c2ccccc2)c2cccc(-c3ccc(-c4ccccc4)cc3)c2)=C2C(=C1)OC1c3ccccc3C(c3ccc(-c4ccccc4)cc3)=CC21. The summed E-state index contributed by atoms with van der Waals surface area (Å²) in [4.78, 5) is 2.42. The normalized spacial score (nSPS) is 18.1. The Kier molecular flexibility index (Phi) is 8.65. The highest BCUT2D eigenvalue weighted by molar-refractivity contribution is 5.86. The van der Waals surface area contributed by atoms with E-state index in [1.807, 2.05) is 0 Å². The van der Waals surface area contributed by atoms with E-state index in [2.05, 4.69) is 224 Å². The Morgan fingerprint density at radius 3 is 1.64 bits per heavy atom. The van der Waals surface area contributed by atoms with E-state index in [4.69, 9.17) is 4.74 Å². The van der Waals surface area contributed by atoms with Crippen molar-refractivity contribution in [2.45, 2.75) is 13.0 Å². The highest BCUT2D eigenvalue weighted by Gasteiger charge is 2.44. The van der Waals surface area contributed by atoms with Crippen LogP contribution in [-0.4, -0.2) is 0 Å². The monoisotopic (exact) mass is 719 g/mol. The van der Waals surface area contributed by atoms with Crippen LogP contribution in [-0.2, 0) is 4.74 Å². The molecule has 3 atom stereocenters. The van der Waals surface area contributed by atoms with E-state index in [1.54, 1.807) is 0 Å². The number of rotatable bonds is 7. The molecular formula is C54H41NO. The van der Waals surface area contributed by atoms with Gasteiger partial charge in [0.15, 0.2) is 0 Å². The van der Waals surface area contributed by atoms with Gasteiger partial charge >= 0.3 is 0 Å². The summed E-state index contributed by atoms with van der Waals surface area (Å²) < 4.78 is 7.09. The molecule has 268 valence electrons. The van der Waals surface area contributed by atoms with E-state index in [-0.39, 0.29) is 17.9 Å². The number of benzene rings is 7. The van der Waals surface area contributed by atoms with Gasteiger partial charge in [-0.25, -0.2) is 0 Å². The fourth-order valence-electron chi connectivity index (χ4n) is 8.56. The standard InChI is InChI=1S/C54H41NO/c1-37-24-33-51(55(45-19-9-4-10-20-45)46-21-13-18-44(35-46)42-27-25-40(26-28-42)38-14-5-2-6-15-38)53-50-36-49(43-31-29-41(30-32-43)39-16-7-3-8-17-39)47-22-11-12-23-48(47)54(50)56-52(53)34-37/h2-37,50,54H,1H3. The molecule has 0 saturated carbocycles. The Hall–Kier alpha value is -6.90. The molecule has 3 unspecified atom stereocenters. The molecule has 2 nitrogen and oxygen atoms in total. The van der Waals surface area contributed by atoms with Gasteiger partial charge in [0.1, 0.15) is 11.9 Å². The minimum Gasteiger partial charge on any atom is -0.485 e. The molecule has 0 radical (unpaired) electrons. The van der Waals surface area contributed by atoms with Crippen molar-refractivity contribution in [2.24, 2.45) is 11.8 Å². The summed E-state index contributed by atoms with van der Waals surface area (Å²) >= 11 is 0. The number of fused-ring (bicyclic) bond motifs is 5. The van der Waals surface area contributed by atoms with Crippen molar-refractivity contribution >= 4 is 16.9 Å². The first-order valence-corrected chi connectivity index (χ1v) is 19.6. The van der Waals surface area contributed by atoms with Crippen molar-refractivity contribution < 1.29 is 4.74 Å². The highest BCUT2D eigenvalue weighted by atomic mass is 16.5. The Balaban J connectivity index is 1.11. The van der Waals surface area contributed by atoms with E-state index in [9.17, 15) is 0 Å². The van der Waals surface area contributed by atoms with Gasteiger partial charge in [-0.2, -0.15) is 0 Å². The first-order chi connectivity index (χ1) is 27.7. The number of hydrogen-bond donors (Lipinski definition) is 0. The molecule has 0 spiro atoms. The summed E-state index contributed by atoms with van der Waals surface area (Å²) in [6.45, 7) is 2.24. The number of nitrogens with zero attached hydrogens (tertiary/aromatic N) is 1. The predicted molar refractivity (Wildman–Crippen MR) is 232 cm³/mol. The van der Waals surface area contributed by atoms with Crippen molar-refractivity contribution in [3.05, 3.63) is 246 Å². The zero-order valence-corrected chi connectivity index (χ0v) is 31.3. The summed E-state index contributed by atoms with van der Waals surface area (Å²) in [5.74, 6) is 1.17. The van der Waals surface area contributed by atoms with Crippen molar-refractivity contribution in [2.75, 3.05) is 4.90 Å². The maximum absolute atomic E-state index is 7.09. The van der Waals surface area contributed by atoms with Crippen molar-refractivity contribution in [1.29, 1.82) is 0 Å². The van der Waals surface area contributed by atoms with Crippen LogP contribution in [0.1, 0.15) is 29.7 Å². The third-order valence-electron chi connectivity index (χ3n) is 11.3. The Morgan fingerprint density at radius 1 is 0.464 bits per heavy atom. The molecule has 3 aliphatic rings. The summed E-state index contributed by atoms with van der Waals surface area (Å²) in [5, 5.41) is 0. The van der Waals surface area contributed by atoms with Crippen molar-refractivity contribution in [3.63, 3.8) is 0 Å². The Morgan fingerprint density at radius 2 is 0.982 bits per heavy atom. The molecule has 1 aliphatic heterocycles. The maximum atomic E-state index is 7.09. The number of hydrogen-bond acceptors (Lipinski definition) is 2. The fraction of sp³-hybridized carbons (Fsp3) is 0.0741. The van der Waals surface area contributed by atoms with Crippen LogP contribution in [0, 0.1) is 11.8 Å². The molecule has 2 heteroatoms. The van der Waals surface area contributed by atoms with Gasteiger partial charge in [0.25, 0.3) is 0 Å². The second-order valence-corrected chi connectivity index (χ2v) is 14.9. The largest absolute Gasteiger partial charge is 0.485 e. The molecule has 1 fully saturated rings. The van der Waals surface area contributed by atoms with Gasteiger partial charge in [0.2, 0.25) is 0 Å². The fourth-order valence-corrected chi connectivity index (χ4v) is 8.56. The van der Waals surface area contributed by atoms with Crippen molar-refractivity contribution in [3.8, 4) is 33.4 Å². The second-order valence-electron chi connectivity index (χ2n) is 14.9. The first-order valence-electron chi connectivity index (χ1n) is 19.6. The Bertz CT molecular complexity index is 2650. The van der Waals surface area contributed by atoms with Gasteiger partial charge in [0, 0.05) is 28.4 Å². The van der Waals surface area contributed by atoms with Crippen LogP contribution in [0.3, 0.4) is 0 Å². The zero-order valence-electron chi connectivity index (χ0n) is 31.3. The molecule has 1 heterocycles. The van der Waals surface area contributed by atoms with Crippen LogP contribution < -0.4 is 4.90 Å². The number of ether oxygens (including phenoxy) is 1. The summed E-state index contributed by atoms with van der Waals surface area (Å²) in [7, 11) is 0. The quantitative estimate of drug-likeness (QED) is 0.163. The van der Waals surface area contributed by atoms with Gasteiger partial charge in [0.05, 0.1) is 5.70 Å². The highest BCUT2D eigenvalue weighted by Crippen LogP contribution is 2.54. The first kappa shape index (κ1) is 33.7. The van der Waals surface area contributed by atoms with Gasteiger partial charge in [-0.1, -0.05) is 183 Å². The van der Waals surface area contributed by atoms with Gasteiger partial charge in [-0.3, -0.25) is 0 Å². The van der Waals surface area contributed by atoms with E-state index < -0.39 is 0 Å². The molecule has 1 saturated heterocycles. The topological polar surface area (TPSA) is 12.5 Å². The third kappa shape index (κ3) is 6.20.